The molecule has 0 radical (unpaired) electrons. The van der Waals surface area contributed by atoms with Gasteiger partial charge in [0.15, 0.2) is 15.4 Å². The third-order valence-electron chi connectivity index (χ3n) is 2.45. The van der Waals surface area contributed by atoms with Gasteiger partial charge in [-0.1, -0.05) is 11.3 Å². The second-order valence-electron chi connectivity index (χ2n) is 4.47. The standard InChI is InChI=1S/C13H13N5O2S3/c1-6(19)14-11(21)16-8-3-4-9-10(5-8)23-13(17-9)18-12(22)15-7(2)20/h3-5H,1-2H3,(H2,14,16,19,21)(H2,15,17,18,20,22). The number of nitrogens with one attached hydrogen (secondary N) is 4. The van der Waals surface area contributed by atoms with Gasteiger partial charge in [-0.05, 0) is 42.6 Å². The largest absolute Gasteiger partial charge is 0.332 e. The fraction of sp³-hybridized carbons (Fsp3) is 0.154. The molecule has 0 unspecified atom stereocenters. The Hall–Kier alpha value is -2.17. The van der Waals surface area contributed by atoms with Crippen LogP contribution in [0, 0.1) is 0 Å². The summed E-state index contributed by atoms with van der Waals surface area (Å²) in [4.78, 5) is 26.2. The molecule has 2 aromatic rings. The highest BCUT2D eigenvalue weighted by Crippen LogP contribution is 2.28. The van der Waals surface area contributed by atoms with E-state index in [9.17, 15) is 9.59 Å². The Labute approximate surface area is 146 Å². The number of hydrogen-bond acceptors (Lipinski definition) is 6. The molecule has 1 aromatic heterocycles. The smallest absolute Gasteiger partial charge is 0.222 e. The van der Waals surface area contributed by atoms with E-state index in [0.717, 1.165) is 15.9 Å². The van der Waals surface area contributed by atoms with Crippen LogP contribution in [0.2, 0.25) is 0 Å². The van der Waals surface area contributed by atoms with Crippen molar-refractivity contribution in [3.63, 3.8) is 0 Å². The van der Waals surface area contributed by atoms with Crippen molar-refractivity contribution in [1.29, 1.82) is 0 Å². The second-order valence-corrected chi connectivity index (χ2v) is 6.32. The summed E-state index contributed by atoms with van der Waals surface area (Å²) >= 11 is 11.4. The van der Waals surface area contributed by atoms with Gasteiger partial charge in [-0.25, -0.2) is 4.98 Å². The number of anilines is 2. The minimum absolute atomic E-state index is 0.196. The summed E-state index contributed by atoms with van der Waals surface area (Å²) in [6.07, 6.45) is 0. The molecule has 0 aliphatic heterocycles. The molecule has 10 heteroatoms. The molecule has 4 N–H and O–H groups in total. The van der Waals surface area contributed by atoms with E-state index in [0.29, 0.717) is 5.13 Å². The molecule has 2 amide bonds. The van der Waals surface area contributed by atoms with E-state index in [4.69, 9.17) is 24.4 Å². The maximum atomic E-state index is 10.9. The number of thiocarbonyl (C=S) groups is 2. The third-order valence-corrected chi connectivity index (χ3v) is 3.79. The van der Waals surface area contributed by atoms with Crippen LogP contribution in [0.25, 0.3) is 10.2 Å². The number of benzene rings is 1. The third kappa shape index (κ3) is 5.20. The highest BCUT2D eigenvalue weighted by atomic mass is 32.1. The molecular weight excluding hydrogens is 354 g/mol. The average Bonchev–Trinajstić information content (AvgIpc) is 2.77. The summed E-state index contributed by atoms with van der Waals surface area (Å²) in [5.41, 5.74) is 1.51. The van der Waals surface area contributed by atoms with Gasteiger partial charge in [-0.15, -0.1) is 0 Å². The van der Waals surface area contributed by atoms with E-state index >= 15 is 0 Å². The van der Waals surface area contributed by atoms with Crippen molar-refractivity contribution in [2.24, 2.45) is 0 Å². The molecule has 23 heavy (non-hydrogen) atoms. The van der Waals surface area contributed by atoms with Crippen LogP contribution in [0.1, 0.15) is 13.8 Å². The highest BCUT2D eigenvalue weighted by molar-refractivity contribution is 7.80. The molecule has 1 aromatic carbocycles. The number of amides is 2. The summed E-state index contributed by atoms with van der Waals surface area (Å²) in [6, 6.07) is 5.47. The average molecular weight is 367 g/mol. The molecule has 2 rings (SSSR count). The lowest BCUT2D eigenvalue weighted by Gasteiger charge is -2.07. The molecule has 0 aliphatic carbocycles. The quantitative estimate of drug-likeness (QED) is 0.603. The summed E-state index contributed by atoms with van der Waals surface area (Å²) in [7, 11) is 0. The number of aromatic nitrogens is 1. The van der Waals surface area contributed by atoms with Gasteiger partial charge in [0.05, 0.1) is 10.2 Å². The molecule has 0 saturated heterocycles. The molecule has 120 valence electrons. The summed E-state index contributed by atoms with van der Waals surface area (Å²) in [5.74, 6) is -0.485. The summed E-state index contributed by atoms with van der Waals surface area (Å²) in [6.45, 7) is 2.76. The topological polar surface area (TPSA) is 95.2 Å². The van der Waals surface area contributed by atoms with Crippen LogP contribution in [0.5, 0.6) is 0 Å². The fourth-order valence-corrected chi connectivity index (χ4v) is 3.14. The van der Waals surface area contributed by atoms with Crippen LogP contribution < -0.4 is 21.3 Å². The fourth-order valence-electron chi connectivity index (χ4n) is 1.67. The van der Waals surface area contributed by atoms with E-state index in [1.165, 1.54) is 25.2 Å². The lowest BCUT2D eigenvalue weighted by Crippen LogP contribution is -2.32. The summed E-state index contributed by atoms with van der Waals surface area (Å²) < 4.78 is 0.897. The minimum atomic E-state index is -0.249. The molecule has 7 nitrogen and oxygen atoms in total. The monoisotopic (exact) mass is 367 g/mol. The Morgan fingerprint density at radius 1 is 1.04 bits per heavy atom. The van der Waals surface area contributed by atoms with Gasteiger partial charge in [-0.3, -0.25) is 9.59 Å². The van der Waals surface area contributed by atoms with Crippen LogP contribution in [0.15, 0.2) is 18.2 Å². The Bertz CT molecular complexity index is 774. The first-order valence-electron chi connectivity index (χ1n) is 6.41. The van der Waals surface area contributed by atoms with Gasteiger partial charge in [0.2, 0.25) is 11.8 Å². The molecular formula is C13H13N5O2S3. The van der Waals surface area contributed by atoms with Crippen molar-refractivity contribution >= 4 is 78.8 Å². The predicted molar refractivity (Wildman–Crippen MR) is 99.7 cm³/mol. The lowest BCUT2D eigenvalue weighted by atomic mass is 10.3. The number of carbonyl (C=O) groups is 2. The number of carbonyl (C=O) groups excluding carboxylic acids is 2. The van der Waals surface area contributed by atoms with E-state index in [2.05, 4.69) is 26.3 Å². The van der Waals surface area contributed by atoms with Crippen molar-refractivity contribution in [3.8, 4) is 0 Å². The minimum Gasteiger partial charge on any atom is -0.332 e. The van der Waals surface area contributed by atoms with Crippen LogP contribution in [-0.4, -0.2) is 27.0 Å². The van der Waals surface area contributed by atoms with Crippen molar-refractivity contribution in [2.45, 2.75) is 13.8 Å². The van der Waals surface area contributed by atoms with E-state index in [1.807, 2.05) is 12.1 Å². The molecule has 0 fully saturated rings. The van der Waals surface area contributed by atoms with Gasteiger partial charge in [0, 0.05) is 19.5 Å². The molecule has 1 heterocycles. The maximum absolute atomic E-state index is 10.9. The van der Waals surface area contributed by atoms with E-state index < -0.39 is 0 Å². The Morgan fingerprint density at radius 2 is 1.65 bits per heavy atom. The van der Waals surface area contributed by atoms with Crippen molar-refractivity contribution in [2.75, 3.05) is 10.6 Å². The normalized spacial score (nSPS) is 10.0. The van der Waals surface area contributed by atoms with Crippen molar-refractivity contribution in [1.82, 2.24) is 15.6 Å². The Balaban J connectivity index is 2.11. The number of nitrogens with zero attached hydrogens (tertiary/aromatic N) is 1. The van der Waals surface area contributed by atoms with Gasteiger partial charge >= 0.3 is 0 Å². The van der Waals surface area contributed by atoms with E-state index in [-0.39, 0.29) is 22.0 Å². The zero-order chi connectivity index (χ0) is 17.0. The van der Waals surface area contributed by atoms with Crippen molar-refractivity contribution < 1.29 is 9.59 Å². The molecule has 0 atom stereocenters. The lowest BCUT2D eigenvalue weighted by molar-refractivity contribution is -0.118. The first-order chi connectivity index (χ1) is 10.8. The summed E-state index contributed by atoms with van der Waals surface area (Å²) in [5, 5.41) is 11.7. The number of rotatable bonds is 2. The zero-order valence-electron chi connectivity index (χ0n) is 12.2. The molecule has 0 aliphatic rings. The first kappa shape index (κ1) is 17.2. The number of fused-ring (bicyclic) bond motifs is 1. The van der Waals surface area contributed by atoms with Gasteiger partial charge in [0.1, 0.15) is 0 Å². The highest BCUT2D eigenvalue weighted by Gasteiger charge is 2.08. The number of hydrogen-bond donors (Lipinski definition) is 4. The first-order valence-corrected chi connectivity index (χ1v) is 8.04. The Kier molecular flexibility index (Phi) is 5.53. The van der Waals surface area contributed by atoms with Gasteiger partial charge in [0.25, 0.3) is 0 Å². The SMILES string of the molecule is CC(=O)NC(=S)Nc1ccc2nc(NC(=S)NC(C)=O)sc2c1. The van der Waals surface area contributed by atoms with Crippen LogP contribution in [-0.2, 0) is 9.59 Å². The molecule has 0 bridgehead atoms. The van der Waals surface area contributed by atoms with Crippen LogP contribution >= 0.6 is 35.8 Å². The van der Waals surface area contributed by atoms with Gasteiger partial charge in [-0.2, -0.15) is 0 Å². The predicted octanol–water partition coefficient (Wildman–Crippen LogP) is 1.96. The van der Waals surface area contributed by atoms with Crippen molar-refractivity contribution in [3.05, 3.63) is 18.2 Å². The van der Waals surface area contributed by atoms with Gasteiger partial charge < -0.3 is 21.3 Å². The number of thiazole rings is 1. The maximum Gasteiger partial charge on any atom is 0.222 e. The van der Waals surface area contributed by atoms with Crippen LogP contribution in [0.3, 0.4) is 0 Å². The van der Waals surface area contributed by atoms with E-state index in [1.54, 1.807) is 6.07 Å². The molecule has 0 spiro atoms. The second kappa shape index (κ2) is 7.40. The van der Waals surface area contributed by atoms with Crippen LogP contribution in [0.4, 0.5) is 10.8 Å². The molecule has 0 saturated carbocycles. The zero-order valence-corrected chi connectivity index (χ0v) is 14.7. The Morgan fingerprint density at radius 3 is 2.26 bits per heavy atom.